The zero-order chi connectivity index (χ0) is 20.5. The quantitative estimate of drug-likeness (QED) is 0.572. The molecule has 1 aliphatic heterocycles. The van der Waals surface area contributed by atoms with Crippen molar-refractivity contribution < 1.29 is 0 Å². The number of rotatable bonds is 4. The highest BCUT2D eigenvalue weighted by atomic mass is 16.1. The van der Waals surface area contributed by atoms with Crippen LogP contribution in [0.25, 0.3) is 17.2 Å². The second-order valence-electron chi connectivity index (χ2n) is 7.55. The molecule has 0 spiro atoms. The van der Waals surface area contributed by atoms with Crippen molar-refractivity contribution >= 4 is 0 Å². The Morgan fingerprint density at radius 2 is 1.97 bits per heavy atom. The summed E-state index contributed by atoms with van der Waals surface area (Å²) >= 11 is 0. The molecule has 30 heavy (non-hydrogen) atoms. The highest BCUT2D eigenvalue weighted by molar-refractivity contribution is 5.54. The van der Waals surface area contributed by atoms with E-state index in [1.165, 1.54) is 5.69 Å². The monoisotopic (exact) mass is 398 g/mol. The third-order valence-electron chi connectivity index (χ3n) is 5.54. The zero-order valence-electron chi connectivity index (χ0n) is 16.7. The number of H-pyrrole nitrogens is 1. The van der Waals surface area contributed by atoms with E-state index in [9.17, 15) is 4.79 Å². The Balaban J connectivity index is 1.42. The molecule has 5 heterocycles. The summed E-state index contributed by atoms with van der Waals surface area (Å²) in [5.74, 6) is 1.54. The Labute approximate surface area is 174 Å². The molecule has 0 saturated carbocycles. The first-order valence-corrected chi connectivity index (χ1v) is 10.0. The SMILES string of the molecule is Cc1cccnc1-n1cccc1CN1CCc2c(nc(-c3ccncc3)[nH]c2=O)C1. The normalized spacial score (nSPS) is 13.9. The fourth-order valence-electron chi connectivity index (χ4n) is 3.99. The Morgan fingerprint density at radius 3 is 2.80 bits per heavy atom. The third-order valence-corrected chi connectivity index (χ3v) is 5.54. The molecule has 0 radical (unpaired) electrons. The van der Waals surface area contributed by atoms with E-state index in [0.29, 0.717) is 18.8 Å². The summed E-state index contributed by atoms with van der Waals surface area (Å²) < 4.78 is 2.14. The van der Waals surface area contributed by atoms with E-state index in [2.05, 4.69) is 43.5 Å². The smallest absolute Gasteiger partial charge is 0.254 e. The Kier molecular flexibility index (Phi) is 4.72. The molecule has 5 rings (SSSR count). The fraction of sp³-hybridized carbons (Fsp3) is 0.217. The number of pyridine rings is 2. The van der Waals surface area contributed by atoms with Crippen LogP contribution in [0.4, 0.5) is 0 Å². The number of hydrogen-bond acceptors (Lipinski definition) is 5. The minimum Gasteiger partial charge on any atom is -0.306 e. The van der Waals surface area contributed by atoms with Crippen molar-refractivity contribution in [1.82, 2.24) is 29.4 Å². The van der Waals surface area contributed by atoms with Crippen molar-refractivity contribution in [3.05, 3.63) is 94.1 Å². The van der Waals surface area contributed by atoms with Crippen LogP contribution in [-0.4, -0.2) is 35.9 Å². The van der Waals surface area contributed by atoms with Gasteiger partial charge in [0.1, 0.15) is 11.6 Å². The lowest BCUT2D eigenvalue weighted by Crippen LogP contribution is -2.35. The van der Waals surface area contributed by atoms with Crippen molar-refractivity contribution in [3.8, 4) is 17.2 Å². The summed E-state index contributed by atoms with van der Waals surface area (Å²) in [5.41, 5.74) is 4.76. The largest absolute Gasteiger partial charge is 0.306 e. The predicted octanol–water partition coefficient (Wildman–Crippen LogP) is 2.88. The molecule has 0 unspecified atom stereocenters. The summed E-state index contributed by atoms with van der Waals surface area (Å²) in [4.78, 5) is 31.2. The average Bonchev–Trinajstić information content (AvgIpc) is 3.22. The first kappa shape index (κ1) is 18.4. The van der Waals surface area contributed by atoms with Gasteiger partial charge in [-0.25, -0.2) is 9.97 Å². The summed E-state index contributed by atoms with van der Waals surface area (Å²) in [6.07, 6.45) is 7.97. The first-order valence-electron chi connectivity index (χ1n) is 10.0. The highest BCUT2D eigenvalue weighted by Gasteiger charge is 2.22. The minimum atomic E-state index is -0.0426. The van der Waals surface area contributed by atoms with Crippen molar-refractivity contribution in [3.63, 3.8) is 0 Å². The van der Waals surface area contributed by atoms with Crippen LogP contribution in [0.5, 0.6) is 0 Å². The van der Waals surface area contributed by atoms with Gasteiger partial charge < -0.3 is 9.55 Å². The molecule has 0 saturated heterocycles. The summed E-state index contributed by atoms with van der Waals surface area (Å²) in [6, 6.07) is 11.9. The molecule has 1 N–H and O–H groups in total. The van der Waals surface area contributed by atoms with E-state index in [1.54, 1.807) is 12.4 Å². The standard InChI is InChI=1S/C23H22N6O/c1-16-4-2-9-25-22(16)29-12-3-5-18(29)14-28-13-8-19-20(15-28)26-21(27-23(19)30)17-6-10-24-11-7-17/h2-7,9-12H,8,13-15H2,1H3,(H,26,27,30). The lowest BCUT2D eigenvalue weighted by atomic mass is 10.1. The van der Waals surface area contributed by atoms with E-state index in [-0.39, 0.29) is 5.56 Å². The second kappa shape index (κ2) is 7.68. The summed E-state index contributed by atoms with van der Waals surface area (Å²) in [5, 5.41) is 0. The minimum absolute atomic E-state index is 0.0426. The van der Waals surface area contributed by atoms with Crippen LogP contribution in [-0.2, 0) is 19.5 Å². The number of nitrogens with one attached hydrogen (secondary N) is 1. The van der Waals surface area contributed by atoms with Gasteiger partial charge in [0.2, 0.25) is 0 Å². The van der Waals surface area contributed by atoms with Crippen LogP contribution in [0.1, 0.15) is 22.5 Å². The van der Waals surface area contributed by atoms with Gasteiger partial charge in [-0.2, -0.15) is 0 Å². The van der Waals surface area contributed by atoms with E-state index in [1.807, 2.05) is 36.7 Å². The molecule has 0 fully saturated rings. The van der Waals surface area contributed by atoms with E-state index in [4.69, 9.17) is 4.98 Å². The molecule has 0 aliphatic carbocycles. The lowest BCUT2D eigenvalue weighted by molar-refractivity contribution is 0.236. The Bertz CT molecular complexity index is 1240. The van der Waals surface area contributed by atoms with Crippen molar-refractivity contribution in [2.75, 3.05) is 6.54 Å². The zero-order valence-corrected chi connectivity index (χ0v) is 16.7. The van der Waals surface area contributed by atoms with E-state index >= 15 is 0 Å². The van der Waals surface area contributed by atoms with Gasteiger partial charge in [0, 0.05) is 61.2 Å². The first-order chi connectivity index (χ1) is 14.7. The van der Waals surface area contributed by atoms with Gasteiger partial charge in [-0.1, -0.05) is 6.07 Å². The Hall–Kier alpha value is -3.58. The van der Waals surface area contributed by atoms with E-state index < -0.39 is 0 Å². The van der Waals surface area contributed by atoms with Crippen molar-refractivity contribution in [2.24, 2.45) is 0 Å². The fourth-order valence-corrected chi connectivity index (χ4v) is 3.99. The second-order valence-corrected chi connectivity index (χ2v) is 7.55. The maximum Gasteiger partial charge on any atom is 0.254 e. The van der Waals surface area contributed by atoms with Gasteiger partial charge in [0.05, 0.1) is 5.69 Å². The molecule has 7 nitrogen and oxygen atoms in total. The average molecular weight is 398 g/mol. The molecular weight excluding hydrogens is 376 g/mol. The molecule has 0 bridgehead atoms. The molecule has 4 aromatic heterocycles. The molecule has 4 aromatic rings. The van der Waals surface area contributed by atoms with Crippen LogP contribution in [0, 0.1) is 6.92 Å². The van der Waals surface area contributed by atoms with Gasteiger partial charge in [-0.15, -0.1) is 0 Å². The number of hydrogen-bond donors (Lipinski definition) is 1. The summed E-state index contributed by atoms with van der Waals surface area (Å²) in [7, 11) is 0. The maximum atomic E-state index is 12.6. The highest BCUT2D eigenvalue weighted by Crippen LogP contribution is 2.21. The van der Waals surface area contributed by atoms with Gasteiger partial charge in [0.25, 0.3) is 5.56 Å². The van der Waals surface area contributed by atoms with Crippen molar-refractivity contribution in [1.29, 1.82) is 0 Å². The van der Waals surface area contributed by atoms with Crippen LogP contribution in [0.3, 0.4) is 0 Å². The molecule has 0 atom stereocenters. The van der Waals surface area contributed by atoms with Gasteiger partial charge in [-0.3, -0.25) is 14.7 Å². The van der Waals surface area contributed by atoms with Crippen LogP contribution in [0.15, 0.2) is 66.0 Å². The van der Waals surface area contributed by atoms with Crippen LogP contribution < -0.4 is 5.56 Å². The molecule has 0 amide bonds. The summed E-state index contributed by atoms with van der Waals surface area (Å²) in [6.45, 7) is 4.30. The maximum absolute atomic E-state index is 12.6. The lowest BCUT2D eigenvalue weighted by Gasteiger charge is -2.28. The number of aromatic nitrogens is 5. The molecule has 1 aliphatic rings. The number of fused-ring (bicyclic) bond motifs is 1. The van der Waals surface area contributed by atoms with Gasteiger partial charge >= 0.3 is 0 Å². The van der Waals surface area contributed by atoms with E-state index in [0.717, 1.165) is 41.3 Å². The topological polar surface area (TPSA) is 79.7 Å². The Morgan fingerprint density at radius 1 is 1.10 bits per heavy atom. The molecular formula is C23H22N6O. The van der Waals surface area contributed by atoms with Crippen LogP contribution in [0.2, 0.25) is 0 Å². The van der Waals surface area contributed by atoms with Gasteiger partial charge in [0.15, 0.2) is 0 Å². The predicted molar refractivity (Wildman–Crippen MR) is 114 cm³/mol. The number of aryl methyl sites for hydroxylation is 1. The number of aromatic amines is 1. The van der Waals surface area contributed by atoms with Gasteiger partial charge in [-0.05, 0) is 49.2 Å². The number of nitrogens with zero attached hydrogens (tertiary/aromatic N) is 5. The van der Waals surface area contributed by atoms with Crippen LogP contribution >= 0.6 is 0 Å². The molecule has 150 valence electrons. The third kappa shape index (κ3) is 3.44. The molecule has 7 heteroatoms. The van der Waals surface area contributed by atoms with Crippen molar-refractivity contribution in [2.45, 2.75) is 26.4 Å². The molecule has 0 aromatic carbocycles.